The molecular weight excluding hydrogens is 250 g/mol. The van der Waals surface area contributed by atoms with E-state index in [-0.39, 0.29) is 0 Å². The van der Waals surface area contributed by atoms with Gasteiger partial charge in [0.1, 0.15) is 5.75 Å². The smallest absolute Gasteiger partial charge is 0.123 e. The zero-order valence-electron chi connectivity index (χ0n) is 12.4. The molecule has 1 aromatic rings. The van der Waals surface area contributed by atoms with Gasteiger partial charge in [-0.2, -0.15) is 0 Å². The van der Waals surface area contributed by atoms with Crippen LogP contribution in [0.15, 0.2) is 18.2 Å². The minimum atomic E-state index is 0.993. The fraction of sp³-hybridized carbons (Fsp3) is 0.625. The number of nitrogens with one attached hydrogen (secondary N) is 1. The summed E-state index contributed by atoms with van der Waals surface area (Å²) in [4.78, 5) is 4.99. The van der Waals surface area contributed by atoms with E-state index in [1.807, 2.05) is 0 Å². The Hall–Kier alpha value is -1.26. The van der Waals surface area contributed by atoms with Crippen LogP contribution < -0.4 is 15.0 Å². The molecule has 0 atom stereocenters. The Morgan fingerprint density at radius 2 is 1.85 bits per heavy atom. The predicted molar refractivity (Wildman–Crippen MR) is 82.6 cm³/mol. The van der Waals surface area contributed by atoms with Crippen LogP contribution in [0.25, 0.3) is 0 Å². The fourth-order valence-electron chi connectivity index (χ4n) is 3.17. The maximum Gasteiger partial charge on any atom is 0.123 e. The summed E-state index contributed by atoms with van der Waals surface area (Å²) in [5.41, 5.74) is 2.67. The van der Waals surface area contributed by atoms with E-state index in [0.29, 0.717) is 0 Å². The van der Waals surface area contributed by atoms with Gasteiger partial charge in [0.05, 0.1) is 7.11 Å². The summed E-state index contributed by atoms with van der Waals surface area (Å²) in [7, 11) is 1.77. The number of hydrogen-bond donors (Lipinski definition) is 1. The van der Waals surface area contributed by atoms with Gasteiger partial charge in [0.15, 0.2) is 0 Å². The lowest BCUT2D eigenvalue weighted by Crippen LogP contribution is -2.42. The van der Waals surface area contributed by atoms with Crippen LogP contribution in [-0.4, -0.2) is 51.3 Å². The number of anilines is 1. The lowest BCUT2D eigenvalue weighted by atomic mass is 10.1. The summed E-state index contributed by atoms with van der Waals surface area (Å²) in [6, 6.07) is 6.66. The Morgan fingerprint density at radius 3 is 2.55 bits per heavy atom. The van der Waals surface area contributed by atoms with Crippen molar-refractivity contribution in [3.05, 3.63) is 23.8 Å². The molecule has 0 aliphatic carbocycles. The van der Waals surface area contributed by atoms with Gasteiger partial charge in [-0.3, -0.25) is 4.90 Å². The SMILES string of the molecule is COc1ccc(N2CCCC2)cc1CN1CCNCC1. The highest BCUT2D eigenvalue weighted by atomic mass is 16.5. The van der Waals surface area contributed by atoms with Gasteiger partial charge in [-0.05, 0) is 31.0 Å². The van der Waals surface area contributed by atoms with Crippen molar-refractivity contribution in [3.8, 4) is 5.75 Å². The third-order valence-corrected chi connectivity index (χ3v) is 4.34. The molecule has 20 heavy (non-hydrogen) atoms. The highest BCUT2D eigenvalue weighted by Crippen LogP contribution is 2.28. The molecule has 0 amide bonds. The van der Waals surface area contributed by atoms with Crippen molar-refractivity contribution >= 4 is 5.69 Å². The fourth-order valence-corrected chi connectivity index (χ4v) is 3.17. The summed E-state index contributed by atoms with van der Waals surface area (Å²) in [6.45, 7) is 7.81. The monoisotopic (exact) mass is 275 g/mol. The highest BCUT2D eigenvalue weighted by molar-refractivity contribution is 5.53. The molecule has 0 saturated carbocycles. The van der Waals surface area contributed by atoms with E-state index < -0.39 is 0 Å². The molecule has 1 N–H and O–H groups in total. The van der Waals surface area contributed by atoms with E-state index in [4.69, 9.17) is 4.74 Å². The first-order chi connectivity index (χ1) is 9.86. The van der Waals surface area contributed by atoms with E-state index >= 15 is 0 Å². The number of rotatable bonds is 4. The van der Waals surface area contributed by atoms with Crippen LogP contribution in [0.3, 0.4) is 0 Å². The molecule has 0 spiro atoms. The third kappa shape index (κ3) is 3.07. The second kappa shape index (κ2) is 6.46. The highest BCUT2D eigenvalue weighted by Gasteiger charge is 2.16. The third-order valence-electron chi connectivity index (χ3n) is 4.34. The topological polar surface area (TPSA) is 27.7 Å². The Kier molecular flexibility index (Phi) is 4.43. The number of nitrogens with zero attached hydrogens (tertiary/aromatic N) is 2. The molecule has 2 aliphatic rings. The number of hydrogen-bond acceptors (Lipinski definition) is 4. The maximum atomic E-state index is 5.54. The molecule has 1 aromatic carbocycles. The van der Waals surface area contributed by atoms with Crippen molar-refractivity contribution in [2.75, 3.05) is 51.3 Å². The van der Waals surface area contributed by atoms with Gasteiger partial charge in [0.25, 0.3) is 0 Å². The maximum absolute atomic E-state index is 5.54. The van der Waals surface area contributed by atoms with Crippen molar-refractivity contribution in [1.29, 1.82) is 0 Å². The number of methoxy groups -OCH3 is 1. The molecule has 2 saturated heterocycles. The van der Waals surface area contributed by atoms with Gasteiger partial charge >= 0.3 is 0 Å². The molecule has 0 unspecified atom stereocenters. The Labute approximate surface area is 121 Å². The molecule has 110 valence electrons. The summed E-state index contributed by atoms with van der Waals surface area (Å²) >= 11 is 0. The van der Waals surface area contributed by atoms with Crippen LogP contribution in [0.5, 0.6) is 5.75 Å². The quantitative estimate of drug-likeness (QED) is 0.905. The lowest BCUT2D eigenvalue weighted by molar-refractivity contribution is 0.230. The van der Waals surface area contributed by atoms with Crippen molar-refractivity contribution in [3.63, 3.8) is 0 Å². The van der Waals surface area contributed by atoms with Crippen molar-refractivity contribution in [1.82, 2.24) is 10.2 Å². The zero-order chi connectivity index (χ0) is 13.8. The standard InChI is InChI=1S/C16H25N3O/c1-20-16-5-4-15(19-8-2-3-9-19)12-14(16)13-18-10-6-17-7-11-18/h4-5,12,17H,2-3,6-11,13H2,1H3. The summed E-state index contributed by atoms with van der Waals surface area (Å²) in [5.74, 6) is 1.02. The normalized spacial score (nSPS) is 20.4. The van der Waals surface area contributed by atoms with Crippen molar-refractivity contribution < 1.29 is 4.74 Å². The van der Waals surface area contributed by atoms with Crippen LogP contribution in [0, 0.1) is 0 Å². The molecule has 0 radical (unpaired) electrons. The molecular formula is C16H25N3O. The Balaban J connectivity index is 1.76. The lowest BCUT2D eigenvalue weighted by Gasteiger charge is -2.28. The average Bonchev–Trinajstić information content (AvgIpc) is 3.02. The van der Waals surface area contributed by atoms with Gasteiger partial charge < -0.3 is 15.0 Å². The van der Waals surface area contributed by atoms with E-state index in [0.717, 1.165) is 38.5 Å². The molecule has 2 heterocycles. The van der Waals surface area contributed by atoms with Crippen LogP contribution >= 0.6 is 0 Å². The van der Waals surface area contributed by atoms with Crippen LogP contribution in [0.4, 0.5) is 5.69 Å². The largest absolute Gasteiger partial charge is 0.496 e. The first kappa shape index (κ1) is 13.7. The minimum Gasteiger partial charge on any atom is -0.496 e. The summed E-state index contributed by atoms with van der Waals surface area (Å²) in [6.07, 6.45) is 2.64. The van der Waals surface area contributed by atoms with E-state index in [1.54, 1.807) is 7.11 Å². The summed E-state index contributed by atoms with van der Waals surface area (Å²) in [5, 5.41) is 3.40. The molecule has 0 aromatic heterocycles. The number of piperazine rings is 1. The molecule has 2 fully saturated rings. The van der Waals surface area contributed by atoms with Gasteiger partial charge in [-0.1, -0.05) is 0 Å². The van der Waals surface area contributed by atoms with Crippen molar-refractivity contribution in [2.24, 2.45) is 0 Å². The van der Waals surface area contributed by atoms with E-state index in [2.05, 4.69) is 33.3 Å². The Bertz CT molecular complexity index is 437. The minimum absolute atomic E-state index is 0.993. The average molecular weight is 275 g/mol. The van der Waals surface area contributed by atoms with E-state index in [9.17, 15) is 0 Å². The van der Waals surface area contributed by atoms with Crippen molar-refractivity contribution in [2.45, 2.75) is 19.4 Å². The molecule has 3 rings (SSSR count). The number of ether oxygens (including phenoxy) is 1. The second-order valence-electron chi connectivity index (χ2n) is 5.72. The number of benzene rings is 1. The summed E-state index contributed by atoms with van der Waals surface area (Å²) < 4.78 is 5.54. The first-order valence-corrected chi connectivity index (χ1v) is 7.72. The first-order valence-electron chi connectivity index (χ1n) is 7.72. The van der Waals surface area contributed by atoms with Crippen LogP contribution in [0.1, 0.15) is 18.4 Å². The predicted octanol–water partition coefficient (Wildman–Crippen LogP) is 1.70. The van der Waals surface area contributed by atoms with Gasteiger partial charge in [-0.15, -0.1) is 0 Å². The molecule has 2 aliphatic heterocycles. The Morgan fingerprint density at radius 1 is 1.10 bits per heavy atom. The van der Waals surface area contributed by atoms with Crippen LogP contribution in [-0.2, 0) is 6.54 Å². The van der Waals surface area contributed by atoms with Crippen LogP contribution in [0.2, 0.25) is 0 Å². The van der Waals surface area contributed by atoms with E-state index in [1.165, 1.54) is 37.2 Å². The van der Waals surface area contributed by atoms with Gasteiger partial charge in [-0.25, -0.2) is 0 Å². The zero-order valence-corrected chi connectivity index (χ0v) is 12.4. The van der Waals surface area contributed by atoms with Gasteiger partial charge in [0, 0.05) is 57.1 Å². The second-order valence-corrected chi connectivity index (χ2v) is 5.72. The molecule has 4 nitrogen and oxygen atoms in total. The molecule has 4 heteroatoms. The molecule has 0 bridgehead atoms. The van der Waals surface area contributed by atoms with Gasteiger partial charge in [0.2, 0.25) is 0 Å².